The smallest absolute Gasteiger partial charge is 0.303 e. The largest absolute Gasteiger partial charge is 0.481 e. The molecule has 0 fully saturated rings. The van der Waals surface area contributed by atoms with Crippen molar-refractivity contribution in [2.24, 2.45) is 0 Å². The van der Waals surface area contributed by atoms with Gasteiger partial charge in [0.15, 0.2) is 18.5 Å². The second-order valence-electron chi connectivity index (χ2n) is 3.67. The Hall–Kier alpha value is -1.04. The van der Waals surface area contributed by atoms with E-state index >= 15 is 0 Å². The Labute approximate surface area is 127 Å². The molecule has 7 nitrogen and oxygen atoms in total. The lowest BCUT2D eigenvalue weighted by Gasteiger charge is -1.89. The molecule has 0 bridgehead atoms. The molecular formula is C9H9N3O4S4. The summed E-state index contributed by atoms with van der Waals surface area (Å²) in [4.78, 5) is 14.5. The molecule has 0 aliphatic carbocycles. The number of rotatable bonds is 6. The van der Waals surface area contributed by atoms with Crippen LogP contribution >= 0.6 is 34.4 Å². The number of hydrogen-bond acceptors (Lipinski definition) is 9. The maximum absolute atomic E-state index is 11.3. The molecule has 0 aliphatic rings. The summed E-state index contributed by atoms with van der Waals surface area (Å²) in [7, 11) is -3.24. The zero-order valence-corrected chi connectivity index (χ0v) is 13.4. The second-order valence-corrected chi connectivity index (χ2v) is 9.50. The molecule has 11 heteroatoms. The van der Waals surface area contributed by atoms with Crippen molar-refractivity contribution in [3.8, 4) is 0 Å². The molecule has 0 aromatic carbocycles. The number of carbonyl (C=O) groups is 1. The van der Waals surface area contributed by atoms with Gasteiger partial charge in [-0.25, -0.2) is 13.4 Å². The van der Waals surface area contributed by atoms with E-state index in [1.54, 1.807) is 0 Å². The number of nitrogens with zero attached hydrogens (tertiary/aromatic N) is 3. The minimum atomic E-state index is -3.24. The summed E-state index contributed by atoms with van der Waals surface area (Å²) in [5.41, 5.74) is 0. The van der Waals surface area contributed by atoms with Crippen molar-refractivity contribution >= 4 is 50.2 Å². The highest BCUT2D eigenvalue weighted by atomic mass is 32.2. The molecule has 0 saturated heterocycles. The average Bonchev–Trinajstić information content (AvgIpc) is 2.95. The van der Waals surface area contributed by atoms with Gasteiger partial charge in [-0.15, -0.1) is 10.2 Å². The van der Waals surface area contributed by atoms with Gasteiger partial charge in [0, 0.05) is 12.7 Å². The number of carboxylic acid groups (broad SMARTS) is 1. The van der Waals surface area contributed by atoms with Gasteiger partial charge in [-0.3, -0.25) is 4.79 Å². The average molecular weight is 351 g/mol. The van der Waals surface area contributed by atoms with E-state index in [2.05, 4.69) is 15.2 Å². The number of thiazole rings is 1. The topological polar surface area (TPSA) is 110 Å². The van der Waals surface area contributed by atoms with Gasteiger partial charge in [-0.05, 0) is 11.8 Å². The zero-order chi connectivity index (χ0) is 14.8. The van der Waals surface area contributed by atoms with Gasteiger partial charge in [0.05, 0.1) is 12.6 Å². The lowest BCUT2D eigenvalue weighted by atomic mass is 10.3. The third-order valence-electron chi connectivity index (χ3n) is 2.00. The standard InChI is InChI=1S/C9H9N3O4S4/c1-20(15,16)7-4-10-8(18-7)19-9-12-11-5(17-9)2-3-6(13)14/h4H,2-3H2,1H3,(H,13,14). The molecule has 0 spiro atoms. The van der Waals surface area contributed by atoms with Crippen molar-refractivity contribution in [1.82, 2.24) is 15.2 Å². The van der Waals surface area contributed by atoms with Gasteiger partial charge in [0.25, 0.3) is 0 Å². The fraction of sp³-hybridized carbons (Fsp3) is 0.333. The maximum atomic E-state index is 11.3. The summed E-state index contributed by atoms with van der Waals surface area (Å²) in [5.74, 6) is -0.882. The molecular weight excluding hydrogens is 342 g/mol. The first-order chi connectivity index (χ1) is 9.34. The van der Waals surface area contributed by atoms with Crippen LogP contribution in [-0.4, -0.2) is 40.9 Å². The van der Waals surface area contributed by atoms with Gasteiger partial charge in [-0.1, -0.05) is 22.7 Å². The van der Waals surface area contributed by atoms with Gasteiger partial charge >= 0.3 is 5.97 Å². The van der Waals surface area contributed by atoms with Gasteiger partial charge in [-0.2, -0.15) is 0 Å². The molecule has 1 N–H and O–H groups in total. The molecule has 2 rings (SSSR count). The van der Waals surface area contributed by atoms with Crippen LogP contribution in [0.5, 0.6) is 0 Å². The zero-order valence-electron chi connectivity index (χ0n) is 10.1. The Bertz CT molecular complexity index is 721. The van der Waals surface area contributed by atoms with Crippen molar-refractivity contribution in [3.63, 3.8) is 0 Å². The lowest BCUT2D eigenvalue weighted by molar-refractivity contribution is -0.136. The maximum Gasteiger partial charge on any atom is 0.303 e. The Morgan fingerprint density at radius 3 is 2.70 bits per heavy atom. The highest BCUT2D eigenvalue weighted by Crippen LogP contribution is 2.34. The number of aliphatic carboxylic acids is 1. The first-order valence-electron chi connectivity index (χ1n) is 5.22. The van der Waals surface area contributed by atoms with Crippen molar-refractivity contribution in [1.29, 1.82) is 0 Å². The van der Waals surface area contributed by atoms with Gasteiger partial charge < -0.3 is 5.11 Å². The van der Waals surface area contributed by atoms with E-state index in [4.69, 9.17) is 5.11 Å². The Morgan fingerprint density at radius 2 is 2.10 bits per heavy atom. The van der Waals surface area contributed by atoms with Crippen molar-refractivity contribution in [3.05, 3.63) is 11.2 Å². The molecule has 0 unspecified atom stereocenters. The molecule has 0 saturated carbocycles. The number of sulfone groups is 1. The van der Waals surface area contributed by atoms with Gasteiger partial charge in [0.2, 0.25) is 0 Å². The highest BCUT2D eigenvalue weighted by Gasteiger charge is 2.14. The molecule has 2 heterocycles. The van der Waals surface area contributed by atoms with Crippen LogP contribution in [0.25, 0.3) is 0 Å². The van der Waals surface area contributed by atoms with Crippen LogP contribution < -0.4 is 0 Å². The van der Waals surface area contributed by atoms with Crippen LogP contribution in [0, 0.1) is 0 Å². The second kappa shape index (κ2) is 6.16. The fourth-order valence-electron chi connectivity index (χ4n) is 1.13. The van der Waals surface area contributed by atoms with Crippen molar-refractivity contribution in [2.75, 3.05) is 6.26 Å². The fourth-order valence-corrected chi connectivity index (χ4v) is 5.19. The van der Waals surface area contributed by atoms with E-state index < -0.39 is 15.8 Å². The van der Waals surface area contributed by atoms with Gasteiger partial charge in [0.1, 0.15) is 9.22 Å². The third kappa shape index (κ3) is 4.23. The Balaban J connectivity index is 2.03. The van der Waals surface area contributed by atoms with Crippen LogP contribution in [0.15, 0.2) is 19.1 Å². The first-order valence-corrected chi connectivity index (χ1v) is 9.56. The first kappa shape index (κ1) is 15.4. The molecule has 20 heavy (non-hydrogen) atoms. The van der Waals surface area contributed by atoms with E-state index in [1.807, 2.05) is 0 Å². The summed E-state index contributed by atoms with van der Waals surface area (Å²) in [6.45, 7) is 0. The summed E-state index contributed by atoms with van der Waals surface area (Å²) < 4.78 is 24.0. The van der Waals surface area contributed by atoms with E-state index in [0.717, 1.165) is 17.6 Å². The molecule has 0 radical (unpaired) electrons. The summed E-state index contributed by atoms with van der Waals surface area (Å²) in [6, 6.07) is 0. The molecule has 2 aromatic heterocycles. The third-order valence-corrected chi connectivity index (χ3v) is 6.90. The van der Waals surface area contributed by atoms with E-state index in [-0.39, 0.29) is 10.6 Å². The minimum Gasteiger partial charge on any atom is -0.481 e. The van der Waals surface area contributed by atoms with Crippen LogP contribution in [0.2, 0.25) is 0 Å². The number of aryl methyl sites for hydroxylation is 1. The normalized spacial score (nSPS) is 11.7. The quantitative estimate of drug-likeness (QED) is 0.835. The summed E-state index contributed by atoms with van der Waals surface area (Å²) in [6.07, 6.45) is 2.79. The Morgan fingerprint density at radius 1 is 1.35 bits per heavy atom. The van der Waals surface area contributed by atoms with Crippen LogP contribution in [0.4, 0.5) is 0 Å². The molecule has 108 valence electrons. The van der Waals surface area contributed by atoms with Crippen LogP contribution in [-0.2, 0) is 21.1 Å². The molecule has 2 aromatic rings. The predicted molar refractivity (Wildman–Crippen MR) is 75.2 cm³/mol. The number of carboxylic acids is 1. The molecule has 0 aliphatic heterocycles. The van der Waals surface area contributed by atoms with Crippen molar-refractivity contribution in [2.45, 2.75) is 25.7 Å². The van der Waals surface area contributed by atoms with E-state index in [9.17, 15) is 13.2 Å². The van der Waals surface area contributed by atoms with Crippen LogP contribution in [0.1, 0.15) is 11.4 Å². The molecule has 0 amide bonds. The monoisotopic (exact) mass is 351 g/mol. The van der Waals surface area contributed by atoms with Crippen LogP contribution in [0.3, 0.4) is 0 Å². The minimum absolute atomic E-state index is 0.00871. The highest BCUT2D eigenvalue weighted by molar-refractivity contribution is 8.03. The molecule has 0 atom stereocenters. The Kier molecular flexibility index (Phi) is 4.73. The summed E-state index contributed by atoms with van der Waals surface area (Å²) >= 11 is 3.57. The SMILES string of the molecule is CS(=O)(=O)c1cnc(Sc2nnc(CCC(=O)O)s2)s1. The van der Waals surface area contributed by atoms with E-state index in [1.165, 1.54) is 29.3 Å². The summed E-state index contributed by atoms with van der Waals surface area (Å²) in [5, 5.41) is 17.0. The predicted octanol–water partition coefficient (Wildman–Crippen LogP) is 1.57. The number of aromatic nitrogens is 3. The lowest BCUT2D eigenvalue weighted by Crippen LogP contribution is -1.96. The van der Waals surface area contributed by atoms with E-state index in [0.29, 0.717) is 20.1 Å². The number of hydrogen-bond donors (Lipinski definition) is 1. The van der Waals surface area contributed by atoms with Crippen molar-refractivity contribution < 1.29 is 18.3 Å².